The number of amides is 1. The van der Waals surface area contributed by atoms with Gasteiger partial charge < -0.3 is 14.8 Å². The van der Waals surface area contributed by atoms with E-state index in [2.05, 4.69) is 5.32 Å². The van der Waals surface area contributed by atoms with Crippen LogP contribution < -0.4 is 10.1 Å². The van der Waals surface area contributed by atoms with Gasteiger partial charge in [-0.15, -0.1) is 11.3 Å². The van der Waals surface area contributed by atoms with Crippen LogP contribution in [0, 0.1) is 0 Å². The van der Waals surface area contributed by atoms with Crippen LogP contribution in [0.15, 0.2) is 48.5 Å². The Bertz CT molecular complexity index is 973. The van der Waals surface area contributed by atoms with Gasteiger partial charge in [-0.05, 0) is 18.2 Å². The molecule has 0 atom stereocenters. The highest BCUT2D eigenvalue weighted by Crippen LogP contribution is 2.34. The molecule has 1 amide bonds. The second kappa shape index (κ2) is 9.08. The largest absolute Gasteiger partial charge is 0.488 e. The van der Waals surface area contributed by atoms with Crippen molar-refractivity contribution in [3.05, 3.63) is 63.5 Å². The van der Waals surface area contributed by atoms with Crippen molar-refractivity contribution in [3.63, 3.8) is 0 Å². The summed E-state index contributed by atoms with van der Waals surface area (Å²) in [6.07, 6.45) is 0. The molecule has 140 valence electrons. The van der Waals surface area contributed by atoms with E-state index in [0.717, 1.165) is 10.1 Å². The molecule has 1 heterocycles. The first-order valence-electron chi connectivity index (χ1n) is 8.04. The van der Waals surface area contributed by atoms with Crippen LogP contribution in [-0.2, 0) is 9.53 Å². The minimum atomic E-state index is -0.566. The third-order valence-corrected chi connectivity index (χ3v) is 5.56. The SMILES string of the molecule is O=C(CNC(=O)c1sc2ccccc2c1Cl)OCCOc1ccccc1Cl. The molecule has 0 bridgehead atoms. The summed E-state index contributed by atoms with van der Waals surface area (Å²) in [5, 5.41) is 4.20. The van der Waals surface area contributed by atoms with Gasteiger partial charge in [0.05, 0.1) is 10.0 Å². The van der Waals surface area contributed by atoms with E-state index in [0.29, 0.717) is 20.7 Å². The Morgan fingerprint density at radius 2 is 1.74 bits per heavy atom. The summed E-state index contributed by atoms with van der Waals surface area (Å²) in [4.78, 5) is 24.4. The smallest absolute Gasteiger partial charge is 0.325 e. The van der Waals surface area contributed by atoms with Crippen molar-refractivity contribution in [3.8, 4) is 5.75 Å². The quantitative estimate of drug-likeness (QED) is 0.446. The Labute approximate surface area is 169 Å². The molecule has 8 heteroatoms. The van der Waals surface area contributed by atoms with Crippen LogP contribution in [0.2, 0.25) is 10.0 Å². The number of carbonyl (C=O) groups excluding carboxylic acids is 2. The highest BCUT2D eigenvalue weighted by atomic mass is 35.5. The average molecular weight is 424 g/mol. The average Bonchev–Trinajstić information content (AvgIpc) is 3.02. The van der Waals surface area contributed by atoms with Crippen molar-refractivity contribution >= 4 is 56.5 Å². The summed E-state index contributed by atoms with van der Waals surface area (Å²) in [7, 11) is 0. The van der Waals surface area contributed by atoms with Crippen LogP contribution in [0.5, 0.6) is 5.75 Å². The zero-order valence-corrected chi connectivity index (χ0v) is 16.4. The number of carbonyl (C=O) groups is 2. The summed E-state index contributed by atoms with van der Waals surface area (Å²) in [6.45, 7) is -0.0510. The second-order valence-corrected chi connectivity index (χ2v) is 7.26. The molecule has 2 aromatic carbocycles. The van der Waals surface area contributed by atoms with E-state index in [1.165, 1.54) is 11.3 Å². The number of fused-ring (bicyclic) bond motifs is 1. The van der Waals surface area contributed by atoms with E-state index in [-0.39, 0.29) is 19.8 Å². The van der Waals surface area contributed by atoms with Gasteiger partial charge in [-0.2, -0.15) is 0 Å². The highest BCUT2D eigenvalue weighted by molar-refractivity contribution is 7.21. The maximum atomic E-state index is 12.3. The van der Waals surface area contributed by atoms with Crippen molar-refractivity contribution in [2.24, 2.45) is 0 Å². The van der Waals surface area contributed by atoms with Gasteiger partial charge in [0.1, 0.15) is 30.4 Å². The van der Waals surface area contributed by atoms with Gasteiger partial charge in [0.2, 0.25) is 0 Å². The lowest BCUT2D eigenvalue weighted by Crippen LogP contribution is -2.31. The van der Waals surface area contributed by atoms with Gasteiger partial charge in [-0.3, -0.25) is 9.59 Å². The standard InChI is InChI=1S/C19H15Cl2NO4S/c20-13-6-2-3-7-14(13)25-9-10-26-16(23)11-22-19(24)18-17(21)12-5-1-4-8-15(12)27-18/h1-8H,9-11H2,(H,22,24). The summed E-state index contributed by atoms with van der Waals surface area (Å²) >= 11 is 13.5. The molecule has 27 heavy (non-hydrogen) atoms. The Hall–Kier alpha value is -2.28. The number of para-hydroxylation sites is 1. The van der Waals surface area contributed by atoms with Crippen molar-refractivity contribution < 1.29 is 19.1 Å². The molecule has 0 aliphatic rings. The maximum absolute atomic E-state index is 12.3. The zero-order valence-electron chi connectivity index (χ0n) is 14.0. The molecule has 0 unspecified atom stereocenters. The Kier molecular flexibility index (Phi) is 6.55. The normalized spacial score (nSPS) is 10.6. The molecular formula is C19H15Cl2NO4S. The minimum absolute atomic E-state index is 0.0452. The van der Waals surface area contributed by atoms with E-state index in [4.69, 9.17) is 32.7 Å². The molecule has 1 N–H and O–H groups in total. The van der Waals surface area contributed by atoms with Gasteiger partial charge in [-0.25, -0.2) is 0 Å². The van der Waals surface area contributed by atoms with Gasteiger partial charge in [-0.1, -0.05) is 53.5 Å². The molecule has 3 rings (SSSR count). The van der Waals surface area contributed by atoms with Gasteiger partial charge in [0.25, 0.3) is 5.91 Å². The van der Waals surface area contributed by atoms with E-state index >= 15 is 0 Å². The van der Waals surface area contributed by atoms with Crippen molar-refractivity contribution in [2.75, 3.05) is 19.8 Å². The summed E-state index contributed by atoms with van der Waals surface area (Å²) < 4.78 is 11.4. The van der Waals surface area contributed by atoms with Gasteiger partial charge in [0.15, 0.2) is 0 Å². The monoisotopic (exact) mass is 423 g/mol. The first-order chi connectivity index (χ1) is 13.1. The first kappa shape index (κ1) is 19.5. The third-order valence-electron chi connectivity index (χ3n) is 3.58. The molecule has 0 saturated carbocycles. The van der Waals surface area contributed by atoms with Crippen LogP contribution >= 0.6 is 34.5 Å². The molecule has 0 aliphatic carbocycles. The molecule has 0 spiro atoms. The zero-order chi connectivity index (χ0) is 19.2. The first-order valence-corrected chi connectivity index (χ1v) is 9.61. The highest BCUT2D eigenvalue weighted by Gasteiger charge is 2.17. The van der Waals surface area contributed by atoms with Crippen LogP contribution in [0.1, 0.15) is 9.67 Å². The van der Waals surface area contributed by atoms with Gasteiger partial charge in [0, 0.05) is 10.1 Å². The Morgan fingerprint density at radius 3 is 2.52 bits per heavy atom. The predicted octanol–water partition coefficient (Wildman–Crippen LogP) is 4.56. The minimum Gasteiger partial charge on any atom is -0.488 e. The molecule has 5 nitrogen and oxygen atoms in total. The van der Waals surface area contributed by atoms with Crippen LogP contribution in [0.25, 0.3) is 10.1 Å². The number of halogens is 2. The van der Waals surface area contributed by atoms with Crippen LogP contribution in [-0.4, -0.2) is 31.6 Å². The maximum Gasteiger partial charge on any atom is 0.325 e. The van der Waals surface area contributed by atoms with E-state index < -0.39 is 11.9 Å². The van der Waals surface area contributed by atoms with E-state index in [9.17, 15) is 9.59 Å². The Morgan fingerprint density at radius 1 is 1.00 bits per heavy atom. The number of nitrogens with one attached hydrogen (secondary N) is 1. The lowest BCUT2D eigenvalue weighted by atomic mass is 10.2. The van der Waals surface area contributed by atoms with Crippen LogP contribution in [0.4, 0.5) is 0 Å². The lowest BCUT2D eigenvalue weighted by molar-refractivity contribution is -0.143. The molecule has 0 saturated heterocycles. The van der Waals surface area contributed by atoms with Crippen molar-refractivity contribution in [1.29, 1.82) is 0 Å². The van der Waals surface area contributed by atoms with E-state index in [1.54, 1.807) is 24.3 Å². The fourth-order valence-corrected chi connectivity index (χ4v) is 3.94. The number of esters is 1. The summed E-state index contributed by atoms with van der Waals surface area (Å²) in [5.41, 5.74) is 0. The third kappa shape index (κ3) is 4.91. The lowest BCUT2D eigenvalue weighted by Gasteiger charge is -2.09. The molecule has 1 aromatic heterocycles. The second-order valence-electron chi connectivity index (χ2n) is 5.42. The number of rotatable bonds is 7. The molecule has 0 aliphatic heterocycles. The number of benzene rings is 2. The van der Waals surface area contributed by atoms with Crippen molar-refractivity contribution in [1.82, 2.24) is 5.32 Å². The van der Waals surface area contributed by atoms with Crippen LogP contribution in [0.3, 0.4) is 0 Å². The fourth-order valence-electron chi connectivity index (χ4n) is 2.31. The fraction of sp³-hybridized carbons (Fsp3) is 0.158. The number of hydrogen-bond acceptors (Lipinski definition) is 5. The van der Waals surface area contributed by atoms with E-state index in [1.807, 2.05) is 24.3 Å². The molecular weight excluding hydrogens is 409 g/mol. The number of thiophene rings is 1. The number of hydrogen-bond donors (Lipinski definition) is 1. The predicted molar refractivity (Wildman–Crippen MR) is 107 cm³/mol. The summed E-state index contributed by atoms with van der Waals surface area (Å²) in [5.74, 6) is -0.461. The molecule has 3 aromatic rings. The molecule has 0 radical (unpaired) electrons. The molecule has 0 fully saturated rings. The van der Waals surface area contributed by atoms with Gasteiger partial charge >= 0.3 is 5.97 Å². The topological polar surface area (TPSA) is 64.6 Å². The summed E-state index contributed by atoms with van der Waals surface area (Å²) in [6, 6.07) is 14.5. The van der Waals surface area contributed by atoms with Crippen molar-refractivity contribution in [2.45, 2.75) is 0 Å². The number of ether oxygens (including phenoxy) is 2. The Balaban J connectivity index is 1.44.